The highest BCUT2D eigenvalue weighted by Gasteiger charge is 2.42. The minimum absolute atomic E-state index is 0.0246. The molecule has 1 aromatic heterocycles. The number of nitrogens with zero attached hydrogens (tertiary/aromatic N) is 2. The van der Waals surface area contributed by atoms with E-state index in [9.17, 15) is 9.59 Å². The summed E-state index contributed by atoms with van der Waals surface area (Å²) < 4.78 is 0. The van der Waals surface area contributed by atoms with E-state index in [-0.39, 0.29) is 17.5 Å². The predicted octanol–water partition coefficient (Wildman–Crippen LogP) is 3.62. The second-order valence-electron chi connectivity index (χ2n) is 7.27. The third-order valence-electron chi connectivity index (χ3n) is 5.17. The van der Waals surface area contributed by atoms with Crippen LogP contribution in [0.5, 0.6) is 0 Å². The monoisotopic (exact) mass is 361 g/mol. The Hall–Kier alpha value is -3.00. The Kier molecular flexibility index (Phi) is 5.36. The van der Waals surface area contributed by atoms with Gasteiger partial charge in [-0.2, -0.15) is 5.26 Å². The average Bonchev–Trinajstić information content (AvgIpc) is 2.89. The molecule has 1 heterocycles. The molecule has 0 radical (unpaired) electrons. The van der Waals surface area contributed by atoms with Gasteiger partial charge in [-0.1, -0.05) is 17.7 Å². The van der Waals surface area contributed by atoms with Crippen LogP contribution in [0.15, 0.2) is 30.5 Å². The van der Waals surface area contributed by atoms with Crippen molar-refractivity contribution in [1.29, 1.82) is 5.26 Å². The Morgan fingerprint density at radius 1 is 1.19 bits per heavy atom. The van der Waals surface area contributed by atoms with E-state index in [2.05, 4.69) is 10.3 Å². The number of rotatable bonds is 5. The Morgan fingerprint density at radius 2 is 1.89 bits per heavy atom. The summed E-state index contributed by atoms with van der Waals surface area (Å²) in [5, 5.41) is 12.0. The number of nitrogens with one attached hydrogen (secondary N) is 1. The summed E-state index contributed by atoms with van der Waals surface area (Å²) in [6, 6.07) is 9.53. The first kappa shape index (κ1) is 18.8. The molecule has 5 heteroatoms. The summed E-state index contributed by atoms with van der Waals surface area (Å²) in [5.41, 5.74) is 4.56. The molecule has 3 rings (SSSR count). The van der Waals surface area contributed by atoms with Crippen LogP contribution in [0, 0.1) is 38.0 Å². The Morgan fingerprint density at radius 3 is 2.48 bits per heavy atom. The molecule has 1 aromatic carbocycles. The summed E-state index contributed by atoms with van der Waals surface area (Å²) in [4.78, 5) is 29.7. The maximum absolute atomic E-state index is 12.9. The third-order valence-corrected chi connectivity index (χ3v) is 5.17. The van der Waals surface area contributed by atoms with E-state index in [0.717, 1.165) is 22.3 Å². The standard InChI is InChI=1S/C22H23N3O2/c1-13-8-14(2)20(15(3)9-13)21-18(26)10-17(22(21)27)6-7-24-19-5-4-16(11-23)12-25-19/h4-5,8-9,12,17,21H,6-7,10H2,1-3H3,(H,24,25). The minimum Gasteiger partial charge on any atom is -0.370 e. The van der Waals surface area contributed by atoms with Crippen LogP contribution < -0.4 is 5.32 Å². The lowest BCUT2D eigenvalue weighted by atomic mass is 9.86. The SMILES string of the molecule is Cc1cc(C)c(C2C(=O)CC(CCNc3ccc(C#N)cn3)C2=O)c(C)c1. The third kappa shape index (κ3) is 3.90. The lowest BCUT2D eigenvalue weighted by Crippen LogP contribution is -2.19. The van der Waals surface area contributed by atoms with E-state index in [1.54, 1.807) is 12.1 Å². The number of benzene rings is 1. The van der Waals surface area contributed by atoms with Crippen molar-refractivity contribution in [2.45, 2.75) is 39.5 Å². The van der Waals surface area contributed by atoms with Crippen molar-refractivity contribution >= 4 is 17.4 Å². The molecule has 1 aliphatic rings. The van der Waals surface area contributed by atoms with Gasteiger partial charge in [0.2, 0.25) is 0 Å². The zero-order valence-corrected chi connectivity index (χ0v) is 15.9. The molecule has 1 fully saturated rings. The summed E-state index contributed by atoms with van der Waals surface area (Å²) >= 11 is 0. The fourth-order valence-corrected chi connectivity index (χ4v) is 3.99. The molecule has 0 aliphatic heterocycles. The van der Waals surface area contributed by atoms with Gasteiger partial charge in [-0.3, -0.25) is 9.59 Å². The van der Waals surface area contributed by atoms with Gasteiger partial charge >= 0.3 is 0 Å². The van der Waals surface area contributed by atoms with Gasteiger partial charge < -0.3 is 5.32 Å². The molecule has 5 nitrogen and oxygen atoms in total. The van der Waals surface area contributed by atoms with Crippen molar-refractivity contribution in [3.05, 3.63) is 58.3 Å². The summed E-state index contributed by atoms with van der Waals surface area (Å²) in [6.07, 6.45) is 2.40. The molecular formula is C22H23N3O2. The molecule has 138 valence electrons. The van der Waals surface area contributed by atoms with Crippen molar-refractivity contribution in [3.8, 4) is 6.07 Å². The number of anilines is 1. The number of nitriles is 1. The van der Waals surface area contributed by atoms with Gasteiger partial charge in [-0.25, -0.2) is 4.98 Å². The molecule has 1 saturated carbocycles. The maximum Gasteiger partial charge on any atom is 0.151 e. The van der Waals surface area contributed by atoms with Crippen LogP contribution in [0.4, 0.5) is 5.82 Å². The Balaban J connectivity index is 1.67. The van der Waals surface area contributed by atoms with E-state index in [0.29, 0.717) is 30.8 Å². The van der Waals surface area contributed by atoms with E-state index >= 15 is 0 Å². The van der Waals surface area contributed by atoms with Gasteiger partial charge in [-0.05, 0) is 56.0 Å². The summed E-state index contributed by atoms with van der Waals surface area (Å²) in [5.74, 6) is -0.161. The van der Waals surface area contributed by atoms with Crippen molar-refractivity contribution in [3.63, 3.8) is 0 Å². The van der Waals surface area contributed by atoms with E-state index in [4.69, 9.17) is 5.26 Å². The number of carbonyl (C=O) groups excluding carboxylic acids is 2. The van der Waals surface area contributed by atoms with Crippen LogP contribution in [-0.2, 0) is 9.59 Å². The van der Waals surface area contributed by atoms with Crippen LogP contribution in [0.25, 0.3) is 0 Å². The quantitative estimate of drug-likeness (QED) is 0.823. The van der Waals surface area contributed by atoms with E-state index in [1.807, 2.05) is 39.0 Å². The zero-order chi connectivity index (χ0) is 19.6. The molecule has 0 bridgehead atoms. The topological polar surface area (TPSA) is 82.8 Å². The Labute approximate surface area is 159 Å². The molecule has 1 N–H and O–H groups in total. The largest absolute Gasteiger partial charge is 0.370 e. The van der Waals surface area contributed by atoms with Crippen molar-refractivity contribution < 1.29 is 9.59 Å². The first-order chi connectivity index (χ1) is 12.9. The number of carbonyl (C=O) groups is 2. The first-order valence-corrected chi connectivity index (χ1v) is 9.15. The number of aromatic nitrogens is 1. The molecule has 0 saturated heterocycles. The van der Waals surface area contributed by atoms with Crippen LogP contribution in [0.3, 0.4) is 0 Å². The minimum atomic E-state index is -0.622. The number of pyridine rings is 1. The highest BCUT2D eigenvalue weighted by Crippen LogP contribution is 2.37. The number of hydrogen-bond acceptors (Lipinski definition) is 5. The normalized spacial score (nSPS) is 19.2. The first-order valence-electron chi connectivity index (χ1n) is 9.15. The number of Topliss-reactive ketones (excluding diaryl/α,β-unsaturated/α-hetero) is 2. The highest BCUT2D eigenvalue weighted by atomic mass is 16.2. The van der Waals surface area contributed by atoms with Gasteiger partial charge in [0.05, 0.1) is 5.56 Å². The van der Waals surface area contributed by atoms with Crippen molar-refractivity contribution in [2.75, 3.05) is 11.9 Å². The van der Waals surface area contributed by atoms with E-state index < -0.39 is 5.92 Å². The van der Waals surface area contributed by atoms with Gasteiger partial charge in [0.15, 0.2) is 5.78 Å². The molecular weight excluding hydrogens is 338 g/mol. The van der Waals surface area contributed by atoms with Crippen LogP contribution in [0.1, 0.15) is 46.6 Å². The number of aryl methyl sites for hydroxylation is 3. The van der Waals surface area contributed by atoms with Gasteiger partial charge in [-0.15, -0.1) is 0 Å². The van der Waals surface area contributed by atoms with Gasteiger partial charge in [0, 0.05) is 25.1 Å². The average molecular weight is 361 g/mol. The van der Waals surface area contributed by atoms with Gasteiger partial charge in [0.1, 0.15) is 23.6 Å². The maximum atomic E-state index is 12.9. The lowest BCUT2D eigenvalue weighted by Gasteiger charge is -2.16. The molecule has 2 unspecified atom stereocenters. The second-order valence-corrected chi connectivity index (χ2v) is 7.27. The van der Waals surface area contributed by atoms with Crippen molar-refractivity contribution in [1.82, 2.24) is 4.98 Å². The summed E-state index contributed by atoms with van der Waals surface area (Å²) in [6.45, 7) is 6.53. The summed E-state index contributed by atoms with van der Waals surface area (Å²) in [7, 11) is 0. The number of hydrogen-bond donors (Lipinski definition) is 1. The van der Waals surface area contributed by atoms with Crippen LogP contribution in [0.2, 0.25) is 0 Å². The molecule has 0 amide bonds. The molecule has 2 aromatic rings. The molecule has 2 atom stereocenters. The van der Waals surface area contributed by atoms with E-state index in [1.165, 1.54) is 6.20 Å². The molecule has 27 heavy (non-hydrogen) atoms. The zero-order valence-electron chi connectivity index (χ0n) is 15.9. The highest BCUT2D eigenvalue weighted by molar-refractivity contribution is 6.15. The van der Waals surface area contributed by atoms with Crippen molar-refractivity contribution in [2.24, 2.45) is 5.92 Å². The molecule has 0 spiro atoms. The lowest BCUT2D eigenvalue weighted by molar-refractivity contribution is -0.124. The smallest absolute Gasteiger partial charge is 0.151 e. The fraction of sp³-hybridized carbons (Fsp3) is 0.364. The molecule has 1 aliphatic carbocycles. The fourth-order valence-electron chi connectivity index (χ4n) is 3.99. The predicted molar refractivity (Wildman–Crippen MR) is 104 cm³/mol. The van der Waals surface area contributed by atoms with Gasteiger partial charge in [0.25, 0.3) is 0 Å². The van der Waals surface area contributed by atoms with Crippen LogP contribution in [-0.4, -0.2) is 23.1 Å². The number of ketones is 2. The van der Waals surface area contributed by atoms with Crippen LogP contribution >= 0.6 is 0 Å². The second kappa shape index (κ2) is 7.71. The Bertz CT molecular complexity index is 903.